The second-order valence-electron chi connectivity index (χ2n) is 6.35. The molecule has 0 bridgehead atoms. The number of hydrogen-bond donors (Lipinski definition) is 2. The quantitative estimate of drug-likeness (QED) is 0.865. The van der Waals surface area contributed by atoms with Crippen molar-refractivity contribution in [2.75, 3.05) is 13.6 Å². The third-order valence-electron chi connectivity index (χ3n) is 5.06. The maximum absolute atomic E-state index is 6.50. The van der Waals surface area contributed by atoms with Crippen molar-refractivity contribution in [3.05, 3.63) is 34.9 Å². The SMILES string of the molecule is CN[C@]1(c2ccccc2Cl)CCCC[C@@H]1NCC1CC1. The molecule has 1 aromatic carbocycles. The van der Waals surface area contributed by atoms with Crippen LogP contribution in [0.2, 0.25) is 5.02 Å². The molecule has 0 amide bonds. The van der Waals surface area contributed by atoms with Crippen LogP contribution in [0.25, 0.3) is 0 Å². The van der Waals surface area contributed by atoms with Crippen LogP contribution in [-0.4, -0.2) is 19.6 Å². The van der Waals surface area contributed by atoms with E-state index in [1.54, 1.807) is 0 Å². The molecule has 2 fully saturated rings. The van der Waals surface area contributed by atoms with Crippen molar-refractivity contribution in [1.29, 1.82) is 0 Å². The zero-order chi connectivity index (χ0) is 14.0. The van der Waals surface area contributed by atoms with Crippen LogP contribution in [0, 0.1) is 5.92 Å². The highest BCUT2D eigenvalue weighted by Crippen LogP contribution is 2.40. The first-order valence-corrected chi connectivity index (χ1v) is 8.31. The molecule has 110 valence electrons. The van der Waals surface area contributed by atoms with Crippen molar-refractivity contribution in [3.63, 3.8) is 0 Å². The van der Waals surface area contributed by atoms with Crippen LogP contribution >= 0.6 is 11.6 Å². The molecular formula is C17H25ClN2. The lowest BCUT2D eigenvalue weighted by atomic mass is 9.72. The van der Waals surface area contributed by atoms with Gasteiger partial charge in [-0.3, -0.25) is 0 Å². The van der Waals surface area contributed by atoms with Gasteiger partial charge in [-0.15, -0.1) is 0 Å². The van der Waals surface area contributed by atoms with Crippen LogP contribution < -0.4 is 10.6 Å². The van der Waals surface area contributed by atoms with Crippen LogP contribution in [-0.2, 0) is 5.54 Å². The summed E-state index contributed by atoms with van der Waals surface area (Å²) < 4.78 is 0. The van der Waals surface area contributed by atoms with Crippen molar-refractivity contribution >= 4 is 11.6 Å². The summed E-state index contributed by atoms with van der Waals surface area (Å²) in [7, 11) is 2.08. The summed E-state index contributed by atoms with van der Waals surface area (Å²) >= 11 is 6.50. The topological polar surface area (TPSA) is 24.1 Å². The maximum atomic E-state index is 6.50. The van der Waals surface area contributed by atoms with Crippen molar-refractivity contribution in [2.24, 2.45) is 5.92 Å². The fourth-order valence-corrected chi connectivity index (χ4v) is 3.96. The second kappa shape index (κ2) is 6.05. The van der Waals surface area contributed by atoms with Gasteiger partial charge in [-0.2, -0.15) is 0 Å². The minimum Gasteiger partial charge on any atom is -0.312 e. The molecular weight excluding hydrogens is 268 g/mol. The molecule has 1 aromatic rings. The molecule has 2 atom stereocenters. The summed E-state index contributed by atoms with van der Waals surface area (Å²) in [6, 6.07) is 8.82. The molecule has 0 unspecified atom stereocenters. The van der Waals surface area contributed by atoms with Crippen LogP contribution in [0.5, 0.6) is 0 Å². The largest absolute Gasteiger partial charge is 0.312 e. The van der Waals surface area contributed by atoms with Gasteiger partial charge in [-0.1, -0.05) is 42.6 Å². The monoisotopic (exact) mass is 292 g/mol. The summed E-state index contributed by atoms with van der Waals surface area (Å²) in [6.07, 6.45) is 7.79. The van der Waals surface area contributed by atoms with Gasteiger partial charge < -0.3 is 10.6 Å². The molecule has 2 aliphatic carbocycles. The summed E-state index contributed by atoms with van der Waals surface area (Å²) in [5.41, 5.74) is 1.25. The van der Waals surface area contributed by atoms with E-state index in [0.29, 0.717) is 6.04 Å². The average molecular weight is 293 g/mol. The molecule has 0 aromatic heterocycles. The van der Waals surface area contributed by atoms with Gasteiger partial charge in [0.1, 0.15) is 0 Å². The van der Waals surface area contributed by atoms with Gasteiger partial charge in [0.05, 0.1) is 5.54 Å². The van der Waals surface area contributed by atoms with Crippen LogP contribution in [0.3, 0.4) is 0 Å². The summed E-state index contributed by atoms with van der Waals surface area (Å²) in [6.45, 7) is 1.17. The lowest BCUT2D eigenvalue weighted by Crippen LogP contribution is -2.58. The van der Waals surface area contributed by atoms with Gasteiger partial charge >= 0.3 is 0 Å². The predicted molar refractivity (Wildman–Crippen MR) is 85.2 cm³/mol. The number of nitrogens with one attached hydrogen (secondary N) is 2. The zero-order valence-electron chi connectivity index (χ0n) is 12.3. The molecule has 3 rings (SSSR count). The third-order valence-corrected chi connectivity index (χ3v) is 5.39. The summed E-state index contributed by atoms with van der Waals surface area (Å²) in [5, 5.41) is 8.34. The molecule has 0 heterocycles. The minimum absolute atomic E-state index is 0.00845. The highest BCUT2D eigenvalue weighted by molar-refractivity contribution is 6.31. The molecule has 0 spiro atoms. The Kier molecular flexibility index (Phi) is 4.34. The molecule has 2 N–H and O–H groups in total. The van der Waals surface area contributed by atoms with E-state index in [1.807, 2.05) is 12.1 Å². The van der Waals surface area contributed by atoms with Gasteiger partial charge in [0.2, 0.25) is 0 Å². The van der Waals surface area contributed by atoms with E-state index in [9.17, 15) is 0 Å². The molecule has 0 saturated heterocycles. The standard InChI is InChI=1S/C17H25ClN2/c1-19-17(14-6-2-3-7-15(14)18)11-5-4-8-16(17)20-12-13-9-10-13/h2-3,6-7,13,16,19-20H,4-5,8-12H2,1H3/t16-,17-/m0/s1. The number of rotatable bonds is 5. The Morgan fingerprint density at radius 3 is 2.70 bits per heavy atom. The lowest BCUT2D eigenvalue weighted by molar-refractivity contribution is 0.177. The van der Waals surface area contributed by atoms with Gasteiger partial charge in [-0.25, -0.2) is 0 Å². The predicted octanol–water partition coefficient (Wildman–Crippen LogP) is 3.70. The van der Waals surface area contributed by atoms with Crippen molar-refractivity contribution in [2.45, 2.75) is 50.1 Å². The number of benzene rings is 1. The highest BCUT2D eigenvalue weighted by Gasteiger charge is 2.42. The van der Waals surface area contributed by atoms with Crippen molar-refractivity contribution in [3.8, 4) is 0 Å². The number of likely N-dealkylation sites (N-methyl/N-ethyl adjacent to an activating group) is 1. The van der Waals surface area contributed by atoms with Gasteiger partial charge in [0.25, 0.3) is 0 Å². The summed E-state index contributed by atoms with van der Waals surface area (Å²) in [5.74, 6) is 0.915. The van der Waals surface area contributed by atoms with Crippen molar-refractivity contribution < 1.29 is 0 Å². The first-order valence-electron chi connectivity index (χ1n) is 7.93. The minimum atomic E-state index is -0.00845. The third kappa shape index (κ3) is 2.74. The fourth-order valence-electron chi connectivity index (χ4n) is 3.66. The van der Waals surface area contributed by atoms with Crippen LogP contribution in [0.1, 0.15) is 44.1 Å². The normalized spacial score (nSPS) is 30.4. The Morgan fingerprint density at radius 2 is 2.00 bits per heavy atom. The molecule has 0 radical (unpaired) electrons. The number of halogens is 1. The molecule has 20 heavy (non-hydrogen) atoms. The van der Waals surface area contributed by atoms with E-state index in [1.165, 1.54) is 44.2 Å². The second-order valence-corrected chi connectivity index (χ2v) is 6.76. The van der Waals surface area contributed by atoms with Gasteiger partial charge in [0, 0.05) is 11.1 Å². The average Bonchev–Trinajstić information content (AvgIpc) is 3.30. The van der Waals surface area contributed by atoms with Gasteiger partial charge in [0.15, 0.2) is 0 Å². The van der Waals surface area contributed by atoms with E-state index in [4.69, 9.17) is 11.6 Å². The molecule has 2 aliphatic rings. The van der Waals surface area contributed by atoms with Crippen LogP contribution in [0.15, 0.2) is 24.3 Å². The number of hydrogen-bond acceptors (Lipinski definition) is 2. The van der Waals surface area contributed by atoms with E-state index in [-0.39, 0.29) is 5.54 Å². The van der Waals surface area contributed by atoms with E-state index >= 15 is 0 Å². The lowest BCUT2D eigenvalue weighted by Gasteiger charge is -2.45. The van der Waals surface area contributed by atoms with Crippen molar-refractivity contribution in [1.82, 2.24) is 10.6 Å². The molecule has 2 nitrogen and oxygen atoms in total. The zero-order valence-corrected chi connectivity index (χ0v) is 13.0. The Morgan fingerprint density at radius 1 is 1.20 bits per heavy atom. The molecule has 2 saturated carbocycles. The molecule has 0 aliphatic heterocycles. The Balaban J connectivity index is 1.87. The fraction of sp³-hybridized carbons (Fsp3) is 0.647. The first kappa shape index (κ1) is 14.4. The van der Waals surface area contributed by atoms with E-state index < -0.39 is 0 Å². The van der Waals surface area contributed by atoms with E-state index in [2.05, 4.69) is 29.8 Å². The Bertz CT molecular complexity index is 458. The molecule has 3 heteroatoms. The Hall–Kier alpha value is -0.570. The smallest absolute Gasteiger partial charge is 0.0602 e. The first-order chi connectivity index (χ1) is 9.76. The summed E-state index contributed by atoms with van der Waals surface area (Å²) in [4.78, 5) is 0. The Labute approximate surface area is 127 Å². The maximum Gasteiger partial charge on any atom is 0.0602 e. The highest BCUT2D eigenvalue weighted by atomic mass is 35.5. The van der Waals surface area contributed by atoms with E-state index in [0.717, 1.165) is 17.4 Å². The van der Waals surface area contributed by atoms with Crippen LogP contribution in [0.4, 0.5) is 0 Å². The van der Waals surface area contributed by atoms with Gasteiger partial charge in [-0.05, 0) is 56.8 Å².